The van der Waals surface area contributed by atoms with Gasteiger partial charge in [0, 0.05) is 18.8 Å². The summed E-state index contributed by atoms with van der Waals surface area (Å²) in [6.07, 6.45) is -0.437. The van der Waals surface area contributed by atoms with Crippen molar-refractivity contribution in [2.75, 3.05) is 11.9 Å². The van der Waals surface area contributed by atoms with Gasteiger partial charge in [0.15, 0.2) is 5.54 Å². The molecule has 10 nitrogen and oxygen atoms in total. The van der Waals surface area contributed by atoms with Gasteiger partial charge in [-0.25, -0.2) is 9.59 Å². The molecular formula is C20H20N4O6. The lowest BCUT2D eigenvalue weighted by atomic mass is 9.89. The number of nitrogens with two attached hydrogens (primary N) is 1. The topological polar surface area (TPSA) is 156 Å². The lowest BCUT2D eigenvalue weighted by Crippen LogP contribution is -2.78. The number of rotatable bonds is 4. The van der Waals surface area contributed by atoms with Crippen molar-refractivity contribution < 1.29 is 29.7 Å². The zero-order valence-corrected chi connectivity index (χ0v) is 15.9. The second kappa shape index (κ2) is 7.76. The fourth-order valence-electron chi connectivity index (χ4n) is 3.29. The molecule has 0 radical (unpaired) electrons. The van der Waals surface area contributed by atoms with Crippen molar-refractivity contribution in [2.24, 2.45) is 5.73 Å². The molecule has 4 amide bonds. The summed E-state index contributed by atoms with van der Waals surface area (Å²) in [4.78, 5) is 39.3. The number of aromatic hydroxyl groups is 2. The van der Waals surface area contributed by atoms with Crippen LogP contribution in [0.2, 0.25) is 0 Å². The number of nitrogens with zero attached hydrogens (tertiary/aromatic N) is 2. The number of urea groups is 1. The quantitative estimate of drug-likeness (QED) is 0.509. The molecule has 2 unspecified atom stereocenters. The number of hydrogen-bond donors (Lipinski definition) is 5. The average Bonchev–Trinajstić information content (AvgIpc) is 2.69. The molecule has 10 heteroatoms. The Balaban J connectivity index is 2.14. The van der Waals surface area contributed by atoms with Crippen molar-refractivity contribution in [3.05, 3.63) is 60.2 Å². The van der Waals surface area contributed by atoms with Gasteiger partial charge in [0.1, 0.15) is 17.7 Å². The molecule has 0 saturated carbocycles. The second-order valence-electron chi connectivity index (χ2n) is 6.71. The van der Waals surface area contributed by atoms with E-state index < -0.39 is 29.7 Å². The van der Waals surface area contributed by atoms with Crippen molar-refractivity contribution in [3.8, 4) is 11.5 Å². The number of nitrogens with one attached hydrogen (secondary N) is 1. The number of phenols is 2. The van der Waals surface area contributed by atoms with Crippen LogP contribution in [0.4, 0.5) is 15.3 Å². The molecule has 2 atom stereocenters. The van der Waals surface area contributed by atoms with Crippen LogP contribution in [-0.4, -0.2) is 57.0 Å². The maximum absolute atomic E-state index is 13.1. The van der Waals surface area contributed by atoms with Crippen LogP contribution in [0.5, 0.6) is 11.5 Å². The third kappa shape index (κ3) is 3.63. The highest BCUT2D eigenvalue weighted by atomic mass is 16.4. The molecule has 1 aliphatic rings. The Morgan fingerprint density at radius 3 is 2.30 bits per heavy atom. The van der Waals surface area contributed by atoms with Crippen molar-refractivity contribution in [1.82, 2.24) is 10.2 Å². The maximum atomic E-state index is 13.1. The molecule has 6 N–H and O–H groups in total. The van der Waals surface area contributed by atoms with Crippen LogP contribution in [0, 0.1) is 0 Å². The number of carbonyl (C=O) groups is 3. The smallest absolute Gasteiger partial charge is 0.405 e. The minimum absolute atomic E-state index is 0.229. The lowest BCUT2D eigenvalue weighted by Gasteiger charge is -2.47. The lowest BCUT2D eigenvalue weighted by molar-refractivity contribution is -0.134. The molecule has 0 bridgehead atoms. The van der Waals surface area contributed by atoms with Crippen LogP contribution in [0.25, 0.3) is 6.08 Å². The third-order valence-corrected chi connectivity index (χ3v) is 4.71. The van der Waals surface area contributed by atoms with Gasteiger partial charge in [-0.15, -0.1) is 0 Å². The van der Waals surface area contributed by atoms with Crippen LogP contribution in [-0.2, 0) is 4.79 Å². The minimum atomic E-state index is -2.04. The van der Waals surface area contributed by atoms with E-state index in [1.54, 1.807) is 30.3 Å². The fraction of sp³-hybridized carbons (Fsp3) is 0.150. The number of likely N-dealkylation sites (N-methyl/N-ethyl adjacent to an activating group) is 1. The first-order valence-electron chi connectivity index (χ1n) is 8.81. The van der Waals surface area contributed by atoms with Crippen LogP contribution in [0.1, 0.15) is 5.56 Å². The summed E-state index contributed by atoms with van der Waals surface area (Å²) in [6.45, 7) is 0. The van der Waals surface area contributed by atoms with Crippen LogP contribution in [0.15, 0.2) is 54.6 Å². The van der Waals surface area contributed by atoms with Crippen LogP contribution < -0.4 is 16.0 Å². The predicted molar refractivity (Wildman–Crippen MR) is 108 cm³/mol. The second-order valence-corrected chi connectivity index (χ2v) is 6.71. The van der Waals surface area contributed by atoms with E-state index in [1.165, 1.54) is 31.3 Å². The van der Waals surface area contributed by atoms with Gasteiger partial charge in [-0.2, -0.15) is 0 Å². The first-order valence-corrected chi connectivity index (χ1v) is 8.81. The monoisotopic (exact) mass is 412 g/mol. The molecule has 1 fully saturated rings. The van der Waals surface area contributed by atoms with Gasteiger partial charge >= 0.3 is 12.1 Å². The summed E-state index contributed by atoms with van der Waals surface area (Å²) < 4.78 is 0. The first-order chi connectivity index (χ1) is 14.2. The molecule has 2 aromatic carbocycles. The fourth-order valence-corrected chi connectivity index (χ4v) is 3.29. The molecule has 30 heavy (non-hydrogen) atoms. The van der Waals surface area contributed by atoms with Gasteiger partial charge in [-0.1, -0.05) is 24.3 Å². The normalized spacial score (nSPS) is 21.9. The Morgan fingerprint density at radius 2 is 1.73 bits per heavy atom. The molecular weight excluding hydrogens is 392 g/mol. The predicted octanol–water partition coefficient (Wildman–Crippen LogP) is 1.50. The van der Waals surface area contributed by atoms with Crippen molar-refractivity contribution in [1.29, 1.82) is 0 Å². The average molecular weight is 412 g/mol. The highest BCUT2D eigenvalue weighted by Gasteiger charge is 2.55. The summed E-state index contributed by atoms with van der Waals surface area (Å²) in [5.74, 6) is -1.34. The van der Waals surface area contributed by atoms with E-state index in [-0.39, 0.29) is 17.1 Å². The molecule has 3 rings (SSSR count). The molecule has 1 heterocycles. The van der Waals surface area contributed by atoms with Gasteiger partial charge in [0.05, 0.1) is 0 Å². The van der Waals surface area contributed by atoms with Crippen molar-refractivity contribution in [3.63, 3.8) is 0 Å². The zero-order chi connectivity index (χ0) is 22.1. The number of phenolic OH excluding ortho intramolecular Hbond substituents is 2. The summed E-state index contributed by atoms with van der Waals surface area (Å²) >= 11 is 0. The molecule has 1 aliphatic heterocycles. The number of benzene rings is 2. The van der Waals surface area contributed by atoms with Crippen molar-refractivity contribution >= 4 is 29.8 Å². The number of para-hydroxylation sites is 1. The highest BCUT2D eigenvalue weighted by Crippen LogP contribution is 2.31. The Labute approximate surface area is 171 Å². The Morgan fingerprint density at radius 1 is 1.13 bits per heavy atom. The summed E-state index contributed by atoms with van der Waals surface area (Å²) in [5.41, 5.74) is 4.90. The Bertz CT molecular complexity index is 1000. The van der Waals surface area contributed by atoms with Crippen LogP contribution >= 0.6 is 0 Å². The number of carboxylic acid groups (broad SMARTS) is 1. The maximum Gasteiger partial charge on any atom is 0.405 e. The molecule has 0 aromatic heterocycles. The number of hydrogen-bond acceptors (Lipinski definition) is 6. The van der Waals surface area contributed by atoms with E-state index in [9.17, 15) is 29.7 Å². The number of amides is 4. The molecule has 2 aromatic rings. The van der Waals surface area contributed by atoms with Gasteiger partial charge in [-0.05, 0) is 35.9 Å². The minimum Gasteiger partial charge on any atom is -0.508 e. The summed E-state index contributed by atoms with van der Waals surface area (Å²) in [5, 5.41) is 30.9. The number of imide groups is 1. The number of carbonyl (C=O) groups excluding carboxylic acids is 2. The number of anilines is 1. The van der Waals surface area contributed by atoms with E-state index >= 15 is 0 Å². The third-order valence-electron chi connectivity index (χ3n) is 4.71. The van der Waals surface area contributed by atoms with E-state index in [0.29, 0.717) is 5.69 Å². The van der Waals surface area contributed by atoms with E-state index in [2.05, 4.69) is 5.32 Å². The highest BCUT2D eigenvalue weighted by molar-refractivity contribution is 6.12. The van der Waals surface area contributed by atoms with Gasteiger partial charge in [-0.3, -0.25) is 14.6 Å². The Kier molecular flexibility index (Phi) is 5.35. The zero-order valence-electron chi connectivity index (χ0n) is 15.9. The summed E-state index contributed by atoms with van der Waals surface area (Å²) in [7, 11) is 1.22. The van der Waals surface area contributed by atoms with Crippen molar-refractivity contribution in [2.45, 2.75) is 11.7 Å². The van der Waals surface area contributed by atoms with E-state index in [4.69, 9.17) is 5.73 Å². The first kappa shape index (κ1) is 20.7. The van der Waals surface area contributed by atoms with Crippen LogP contribution in [0.3, 0.4) is 0 Å². The molecule has 156 valence electrons. The van der Waals surface area contributed by atoms with Gasteiger partial charge in [0.2, 0.25) is 0 Å². The molecule has 1 saturated heterocycles. The Hall–Kier alpha value is -4.05. The van der Waals surface area contributed by atoms with Gasteiger partial charge in [0.25, 0.3) is 5.91 Å². The largest absolute Gasteiger partial charge is 0.508 e. The standard InChI is InChI=1S/C20H20N4O6/c1-23-17(27)20(22-18(28)29,8-7-12-9-14(25)11-15(26)10-12)16(21)24(19(23)30)13-5-3-2-4-6-13/h2-11,16,22,25-26H,21H2,1H3,(H,28,29). The van der Waals surface area contributed by atoms with E-state index in [1.807, 2.05) is 0 Å². The summed E-state index contributed by atoms with van der Waals surface area (Å²) in [6, 6.07) is 11.3. The molecule has 0 aliphatic carbocycles. The SMILES string of the molecule is CN1C(=O)N(c2ccccc2)C(N)C(C=Cc2cc(O)cc(O)c2)(NC(=O)O)C1=O. The molecule has 0 spiro atoms. The van der Waals surface area contributed by atoms with E-state index in [0.717, 1.165) is 15.9 Å². The van der Waals surface area contributed by atoms with Gasteiger partial charge < -0.3 is 26.4 Å².